The van der Waals surface area contributed by atoms with Gasteiger partial charge in [-0.2, -0.15) is 0 Å². The molecule has 0 aliphatic carbocycles. The minimum Gasteiger partial charge on any atom is -0.462 e. The van der Waals surface area contributed by atoms with Crippen LogP contribution in [0.3, 0.4) is 0 Å². The molecule has 1 fully saturated rings. The van der Waals surface area contributed by atoms with Crippen molar-refractivity contribution in [2.45, 2.75) is 44.1 Å². The smallest absolute Gasteiger partial charge is 0.306 e. The second kappa shape index (κ2) is 5.56. The second-order valence-electron chi connectivity index (χ2n) is 5.89. The summed E-state index contributed by atoms with van der Waals surface area (Å²) in [6.45, 7) is 4.03. The van der Waals surface area contributed by atoms with Gasteiger partial charge >= 0.3 is 5.97 Å². The van der Waals surface area contributed by atoms with Crippen molar-refractivity contribution in [3.63, 3.8) is 0 Å². The van der Waals surface area contributed by atoms with Crippen molar-refractivity contribution in [3.8, 4) is 0 Å². The highest BCUT2D eigenvalue weighted by Gasteiger charge is 2.37. The van der Waals surface area contributed by atoms with E-state index in [1.165, 1.54) is 0 Å². The van der Waals surface area contributed by atoms with Crippen LogP contribution in [0.4, 0.5) is 0 Å². The van der Waals surface area contributed by atoms with Crippen LogP contribution in [0, 0.1) is 5.41 Å². The summed E-state index contributed by atoms with van der Waals surface area (Å²) in [6, 6.07) is 8.38. The molecule has 0 aromatic heterocycles. The van der Waals surface area contributed by atoms with Crippen molar-refractivity contribution in [1.29, 1.82) is 0 Å². The van der Waals surface area contributed by atoms with E-state index in [0.29, 0.717) is 17.7 Å². The molecule has 20 heavy (non-hydrogen) atoms. The number of cyclic esters (lactones) is 1. The lowest BCUT2D eigenvalue weighted by Gasteiger charge is -2.37. The molecular weight excluding hydrogens is 276 g/mol. The Hall–Kier alpha value is -1.36. The molecule has 110 valence electrons. The number of benzene rings is 1. The van der Waals surface area contributed by atoms with Crippen LogP contribution in [-0.2, 0) is 19.4 Å². The van der Waals surface area contributed by atoms with E-state index in [4.69, 9.17) is 4.74 Å². The number of carbonyl (C=O) groups is 1. The number of rotatable bonds is 4. The Morgan fingerprint density at radius 3 is 2.55 bits per heavy atom. The van der Waals surface area contributed by atoms with E-state index in [9.17, 15) is 13.2 Å². The van der Waals surface area contributed by atoms with Crippen LogP contribution in [-0.4, -0.2) is 26.2 Å². The summed E-state index contributed by atoms with van der Waals surface area (Å²) in [5.74, 6) is -0.232. The van der Waals surface area contributed by atoms with Gasteiger partial charge in [0.05, 0.1) is 10.6 Å². The maximum absolute atomic E-state index is 12.2. The first-order chi connectivity index (χ1) is 9.31. The summed E-state index contributed by atoms with van der Waals surface area (Å²) in [4.78, 5) is 11.7. The zero-order valence-electron chi connectivity index (χ0n) is 11.8. The Bertz CT molecular complexity index is 575. The number of ether oxygens (including phenoxy) is 1. The summed E-state index contributed by atoms with van der Waals surface area (Å²) in [5.41, 5.74) is -0.167. The zero-order valence-corrected chi connectivity index (χ0v) is 12.7. The van der Waals surface area contributed by atoms with Gasteiger partial charge < -0.3 is 4.74 Å². The Morgan fingerprint density at radius 1 is 1.25 bits per heavy atom. The summed E-state index contributed by atoms with van der Waals surface area (Å²) in [7, 11) is -3.32. The summed E-state index contributed by atoms with van der Waals surface area (Å²) in [5, 5.41) is 0. The first-order valence-corrected chi connectivity index (χ1v) is 8.44. The van der Waals surface area contributed by atoms with Gasteiger partial charge in [-0.25, -0.2) is 8.42 Å². The van der Waals surface area contributed by atoms with Gasteiger partial charge in [0.1, 0.15) is 6.10 Å². The number of hydrogen-bond acceptors (Lipinski definition) is 4. The van der Waals surface area contributed by atoms with Crippen LogP contribution in [0.5, 0.6) is 0 Å². The van der Waals surface area contributed by atoms with Gasteiger partial charge in [0.15, 0.2) is 9.84 Å². The molecule has 0 saturated carbocycles. The van der Waals surface area contributed by atoms with E-state index in [0.717, 1.165) is 6.42 Å². The molecule has 1 aromatic rings. The van der Waals surface area contributed by atoms with E-state index in [-0.39, 0.29) is 23.2 Å². The number of esters is 1. The maximum atomic E-state index is 12.2. The summed E-state index contributed by atoms with van der Waals surface area (Å²) >= 11 is 0. The van der Waals surface area contributed by atoms with E-state index in [1.54, 1.807) is 30.3 Å². The first-order valence-electron chi connectivity index (χ1n) is 6.78. The Kier molecular flexibility index (Phi) is 4.18. The normalized spacial score (nSPS) is 22.3. The Balaban J connectivity index is 2.06. The van der Waals surface area contributed by atoms with Gasteiger partial charge in [-0.1, -0.05) is 32.0 Å². The third-order valence-electron chi connectivity index (χ3n) is 3.87. The average Bonchev–Trinajstić information content (AvgIpc) is 2.41. The van der Waals surface area contributed by atoms with Gasteiger partial charge in [0, 0.05) is 11.8 Å². The van der Waals surface area contributed by atoms with Crippen LogP contribution < -0.4 is 0 Å². The quantitative estimate of drug-likeness (QED) is 0.801. The molecule has 2 rings (SSSR count). The third kappa shape index (κ3) is 3.39. The van der Waals surface area contributed by atoms with Crippen molar-refractivity contribution in [2.75, 3.05) is 5.75 Å². The standard InChI is InChI=1S/C15H20O4S/c1-15(2)10-8-14(16)19-13(15)9-11-20(17,18)12-6-4-3-5-7-12/h3-7,13H,8-11H2,1-2H3. The molecule has 1 atom stereocenters. The third-order valence-corrected chi connectivity index (χ3v) is 5.63. The fourth-order valence-corrected chi connectivity index (χ4v) is 3.75. The maximum Gasteiger partial charge on any atom is 0.306 e. The van der Waals surface area contributed by atoms with Gasteiger partial charge in [-0.15, -0.1) is 0 Å². The minimum absolute atomic E-state index is 0.00160. The number of hydrogen-bond donors (Lipinski definition) is 0. The van der Waals surface area contributed by atoms with Crippen LogP contribution >= 0.6 is 0 Å². The molecule has 1 aliphatic heterocycles. The highest BCUT2D eigenvalue weighted by atomic mass is 32.2. The molecule has 0 radical (unpaired) electrons. The fourth-order valence-electron chi connectivity index (χ4n) is 2.42. The zero-order chi connectivity index (χ0) is 14.8. The average molecular weight is 296 g/mol. The molecule has 0 bridgehead atoms. The molecule has 1 aromatic carbocycles. The second-order valence-corrected chi connectivity index (χ2v) is 8.00. The molecule has 1 aliphatic rings. The van der Waals surface area contributed by atoms with Crippen molar-refractivity contribution in [3.05, 3.63) is 30.3 Å². The predicted molar refractivity (Wildman–Crippen MR) is 76.0 cm³/mol. The van der Waals surface area contributed by atoms with Gasteiger partial charge in [-0.05, 0) is 25.0 Å². The molecule has 4 nitrogen and oxygen atoms in total. The molecule has 0 N–H and O–H groups in total. The van der Waals surface area contributed by atoms with Crippen molar-refractivity contribution < 1.29 is 17.9 Å². The lowest BCUT2D eigenvalue weighted by molar-refractivity contribution is -0.164. The fraction of sp³-hybridized carbons (Fsp3) is 0.533. The highest BCUT2D eigenvalue weighted by molar-refractivity contribution is 7.91. The molecular formula is C15H20O4S. The van der Waals surface area contributed by atoms with Crippen molar-refractivity contribution in [2.24, 2.45) is 5.41 Å². The van der Waals surface area contributed by atoms with Crippen LogP contribution in [0.15, 0.2) is 35.2 Å². The van der Waals surface area contributed by atoms with E-state index in [2.05, 4.69) is 0 Å². The lowest BCUT2D eigenvalue weighted by Crippen LogP contribution is -2.40. The predicted octanol–water partition coefficient (Wildman–Crippen LogP) is 2.58. The minimum atomic E-state index is -3.32. The largest absolute Gasteiger partial charge is 0.462 e. The number of sulfone groups is 1. The summed E-state index contributed by atoms with van der Waals surface area (Å²) in [6.07, 6.45) is 1.16. The SMILES string of the molecule is CC1(C)CCC(=O)OC1CCS(=O)(=O)c1ccccc1. The van der Waals surface area contributed by atoms with E-state index in [1.807, 2.05) is 13.8 Å². The topological polar surface area (TPSA) is 60.4 Å². The van der Waals surface area contributed by atoms with Crippen molar-refractivity contribution in [1.82, 2.24) is 0 Å². The molecule has 1 saturated heterocycles. The van der Waals surface area contributed by atoms with E-state index < -0.39 is 9.84 Å². The Labute approximate surface area is 120 Å². The molecule has 1 heterocycles. The number of carbonyl (C=O) groups excluding carboxylic acids is 1. The van der Waals surface area contributed by atoms with Gasteiger partial charge in [0.2, 0.25) is 0 Å². The van der Waals surface area contributed by atoms with Crippen LogP contribution in [0.2, 0.25) is 0 Å². The molecule has 0 spiro atoms. The Morgan fingerprint density at radius 2 is 1.90 bits per heavy atom. The lowest BCUT2D eigenvalue weighted by atomic mass is 9.79. The highest BCUT2D eigenvalue weighted by Crippen LogP contribution is 2.36. The van der Waals surface area contributed by atoms with Crippen LogP contribution in [0.1, 0.15) is 33.1 Å². The van der Waals surface area contributed by atoms with E-state index >= 15 is 0 Å². The molecule has 0 amide bonds. The summed E-state index contributed by atoms with van der Waals surface area (Å²) < 4.78 is 29.8. The monoisotopic (exact) mass is 296 g/mol. The molecule has 1 unspecified atom stereocenters. The van der Waals surface area contributed by atoms with Gasteiger partial charge in [-0.3, -0.25) is 4.79 Å². The van der Waals surface area contributed by atoms with Crippen LogP contribution in [0.25, 0.3) is 0 Å². The molecule has 5 heteroatoms. The van der Waals surface area contributed by atoms with Crippen molar-refractivity contribution >= 4 is 15.8 Å². The van der Waals surface area contributed by atoms with Gasteiger partial charge in [0.25, 0.3) is 0 Å². The first kappa shape index (κ1) is 15.0.